The number of oxazole rings is 1. The van der Waals surface area contributed by atoms with Gasteiger partial charge in [0.1, 0.15) is 11.6 Å². The molecule has 4 rings (SSSR count). The van der Waals surface area contributed by atoms with Crippen LogP contribution < -0.4 is 10.6 Å². The molecule has 0 bridgehead atoms. The molecule has 2 amide bonds. The number of anilines is 1. The normalized spacial score (nSPS) is 11.9. The van der Waals surface area contributed by atoms with Crippen molar-refractivity contribution in [2.75, 3.05) is 5.32 Å². The average molecular weight is 482 g/mol. The number of rotatable bonds is 9. The van der Waals surface area contributed by atoms with E-state index in [1.54, 1.807) is 18.7 Å². The minimum Gasteiger partial charge on any atom is -0.438 e. The zero-order valence-corrected chi connectivity index (χ0v) is 19.8. The number of aryl methyl sites for hydroxylation is 1. The van der Waals surface area contributed by atoms with E-state index >= 15 is 0 Å². The van der Waals surface area contributed by atoms with E-state index in [1.807, 2.05) is 36.4 Å². The van der Waals surface area contributed by atoms with Gasteiger partial charge in [0.2, 0.25) is 22.8 Å². The quantitative estimate of drug-likeness (QED) is 0.259. The summed E-state index contributed by atoms with van der Waals surface area (Å²) in [6, 6.07) is 15.2. The van der Waals surface area contributed by atoms with Crippen LogP contribution in [0.5, 0.6) is 0 Å². The first kappa shape index (κ1) is 22.9. The Kier molecular flexibility index (Phi) is 7.36. The lowest BCUT2D eigenvalue weighted by atomic mass is 10.1. The van der Waals surface area contributed by atoms with E-state index in [9.17, 15) is 9.59 Å². The van der Waals surface area contributed by atoms with E-state index in [2.05, 4.69) is 44.9 Å². The number of nitrogens with one attached hydrogen (secondary N) is 2. The molecule has 1 unspecified atom stereocenters. The van der Waals surface area contributed by atoms with Crippen molar-refractivity contribution in [2.45, 2.75) is 42.8 Å². The molecule has 4 aromatic rings. The van der Waals surface area contributed by atoms with Gasteiger partial charge in [0.05, 0.1) is 0 Å². The zero-order valence-electron chi connectivity index (χ0n) is 18.2. The first-order valence-electron chi connectivity index (χ1n) is 10.4. The van der Waals surface area contributed by atoms with Crippen molar-refractivity contribution in [2.24, 2.45) is 0 Å². The van der Waals surface area contributed by atoms with E-state index < -0.39 is 6.04 Å². The molecule has 1 atom stereocenters. The van der Waals surface area contributed by atoms with Gasteiger partial charge in [0.15, 0.2) is 9.92 Å². The molecular weight excluding hydrogens is 458 g/mol. The highest BCUT2D eigenvalue weighted by Crippen LogP contribution is 2.29. The number of carbonyl (C=O) groups excluding carboxylic acids is 2. The number of aromatic nitrogens is 3. The molecule has 2 N–H and O–H groups in total. The van der Waals surface area contributed by atoms with Gasteiger partial charge in [-0.25, -0.2) is 4.98 Å². The molecule has 0 aliphatic rings. The number of hydrogen-bond acceptors (Lipinski definition) is 8. The third-order valence-corrected chi connectivity index (χ3v) is 6.92. The van der Waals surface area contributed by atoms with Gasteiger partial charge in [-0.15, -0.1) is 10.2 Å². The number of fused-ring (bicyclic) bond motifs is 1. The van der Waals surface area contributed by atoms with Crippen LogP contribution in [-0.4, -0.2) is 27.0 Å². The van der Waals surface area contributed by atoms with Crippen LogP contribution in [0.3, 0.4) is 0 Å². The highest BCUT2D eigenvalue weighted by Gasteiger charge is 2.17. The summed E-state index contributed by atoms with van der Waals surface area (Å²) in [5, 5.41) is 14.1. The van der Waals surface area contributed by atoms with Gasteiger partial charge < -0.3 is 15.1 Å². The van der Waals surface area contributed by atoms with Crippen LogP contribution in [0.15, 0.2) is 57.3 Å². The highest BCUT2D eigenvalue weighted by atomic mass is 32.2. The van der Waals surface area contributed by atoms with Crippen LogP contribution >= 0.6 is 23.1 Å². The minimum absolute atomic E-state index is 0.0391. The standard InChI is InChI=1S/C23H23N5O3S2/c1-14-7-3-4-8-16(14)13-32-23-28-27-22(33-23)26-20(30)12-11-19(29)24-15(2)21-25-17-9-5-6-10-18(17)31-21/h3-10,15H,11-13H2,1-2H3,(H,24,29)(H,26,27,30). The van der Waals surface area contributed by atoms with Crippen LogP contribution in [0, 0.1) is 6.92 Å². The first-order valence-corrected chi connectivity index (χ1v) is 12.2. The van der Waals surface area contributed by atoms with Gasteiger partial charge in [-0.2, -0.15) is 0 Å². The van der Waals surface area contributed by atoms with Crippen molar-refractivity contribution in [3.63, 3.8) is 0 Å². The maximum absolute atomic E-state index is 12.3. The van der Waals surface area contributed by atoms with Crippen molar-refractivity contribution < 1.29 is 14.0 Å². The van der Waals surface area contributed by atoms with E-state index in [4.69, 9.17) is 4.42 Å². The Morgan fingerprint density at radius 2 is 1.82 bits per heavy atom. The Hall–Kier alpha value is -3.24. The molecule has 2 aromatic heterocycles. The Morgan fingerprint density at radius 3 is 2.64 bits per heavy atom. The Labute approximate surface area is 199 Å². The third kappa shape index (κ3) is 6.17. The molecule has 0 radical (unpaired) electrons. The van der Waals surface area contributed by atoms with Crippen molar-refractivity contribution in [3.05, 3.63) is 65.5 Å². The lowest BCUT2D eigenvalue weighted by Crippen LogP contribution is -2.27. The van der Waals surface area contributed by atoms with Crippen LogP contribution in [0.1, 0.15) is 42.8 Å². The van der Waals surface area contributed by atoms with Crippen LogP contribution in [0.25, 0.3) is 11.1 Å². The molecule has 170 valence electrons. The predicted molar refractivity (Wildman–Crippen MR) is 129 cm³/mol. The molecule has 2 heterocycles. The smallest absolute Gasteiger partial charge is 0.226 e. The van der Waals surface area contributed by atoms with Gasteiger partial charge in [-0.3, -0.25) is 9.59 Å². The second-order valence-corrected chi connectivity index (χ2v) is 9.65. The molecule has 0 aliphatic carbocycles. The van der Waals surface area contributed by atoms with Crippen LogP contribution in [0.4, 0.5) is 5.13 Å². The number of hydrogen-bond donors (Lipinski definition) is 2. The molecule has 0 saturated carbocycles. The van der Waals surface area contributed by atoms with Gasteiger partial charge >= 0.3 is 0 Å². The summed E-state index contributed by atoms with van der Waals surface area (Å²) < 4.78 is 6.45. The molecule has 0 saturated heterocycles. The summed E-state index contributed by atoms with van der Waals surface area (Å²) in [7, 11) is 0. The fraction of sp³-hybridized carbons (Fsp3) is 0.261. The fourth-order valence-corrected chi connectivity index (χ4v) is 4.93. The van der Waals surface area contributed by atoms with Crippen molar-refractivity contribution in [1.82, 2.24) is 20.5 Å². The highest BCUT2D eigenvalue weighted by molar-refractivity contribution is 8.00. The van der Waals surface area contributed by atoms with E-state index in [1.165, 1.54) is 22.5 Å². The molecule has 2 aromatic carbocycles. The monoisotopic (exact) mass is 481 g/mol. The molecule has 0 spiro atoms. The lowest BCUT2D eigenvalue weighted by Gasteiger charge is -2.10. The van der Waals surface area contributed by atoms with Crippen LogP contribution in [-0.2, 0) is 15.3 Å². The summed E-state index contributed by atoms with van der Waals surface area (Å²) in [5.74, 6) is 0.671. The van der Waals surface area contributed by atoms with E-state index in [0.717, 1.165) is 15.6 Å². The van der Waals surface area contributed by atoms with E-state index in [0.29, 0.717) is 16.6 Å². The summed E-state index contributed by atoms with van der Waals surface area (Å²) >= 11 is 2.89. The van der Waals surface area contributed by atoms with Crippen molar-refractivity contribution in [3.8, 4) is 0 Å². The summed E-state index contributed by atoms with van der Waals surface area (Å²) in [6.07, 6.45) is 0.0848. The largest absolute Gasteiger partial charge is 0.438 e. The summed E-state index contributed by atoms with van der Waals surface area (Å²) in [6.45, 7) is 3.87. The molecule has 33 heavy (non-hydrogen) atoms. The lowest BCUT2D eigenvalue weighted by molar-refractivity contribution is -0.124. The third-order valence-electron chi connectivity index (χ3n) is 4.90. The first-order chi connectivity index (χ1) is 16.0. The number of para-hydroxylation sites is 2. The van der Waals surface area contributed by atoms with Gasteiger partial charge in [0.25, 0.3) is 0 Å². The average Bonchev–Trinajstić information content (AvgIpc) is 3.44. The Morgan fingerprint density at radius 1 is 1.06 bits per heavy atom. The maximum atomic E-state index is 12.3. The fourth-order valence-electron chi connectivity index (χ4n) is 3.09. The number of carbonyl (C=O) groups is 2. The zero-order chi connectivity index (χ0) is 23.2. The summed E-state index contributed by atoms with van der Waals surface area (Å²) in [4.78, 5) is 28.9. The van der Waals surface area contributed by atoms with E-state index in [-0.39, 0.29) is 24.7 Å². The molecule has 10 heteroatoms. The summed E-state index contributed by atoms with van der Waals surface area (Å²) in [5.41, 5.74) is 3.87. The Balaban J connectivity index is 1.21. The molecule has 0 aliphatic heterocycles. The maximum Gasteiger partial charge on any atom is 0.226 e. The van der Waals surface area contributed by atoms with Crippen molar-refractivity contribution >= 4 is 51.1 Å². The topological polar surface area (TPSA) is 110 Å². The number of benzene rings is 2. The Bertz CT molecular complexity index is 1240. The number of thioether (sulfide) groups is 1. The van der Waals surface area contributed by atoms with Crippen LogP contribution in [0.2, 0.25) is 0 Å². The predicted octanol–water partition coefficient (Wildman–Crippen LogP) is 4.88. The SMILES string of the molecule is Cc1ccccc1CSc1nnc(NC(=O)CCC(=O)NC(C)c2nc3ccccc3o2)s1. The second-order valence-electron chi connectivity index (χ2n) is 7.45. The number of nitrogens with zero attached hydrogens (tertiary/aromatic N) is 3. The molecule has 8 nitrogen and oxygen atoms in total. The molecular formula is C23H23N5O3S2. The van der Waals surface area contributed by atoms with Gasteiger partial charge in [-0.05, 0) is 37.1 Å². The van der Waals surface area contributed by atoms with Crippen molar-refractivity contribution in [1.29, 1.82) is 0 Å². The van der Waals surface area contributed by atoms with Gasteiger partial charge in [-0.1, -0.05) is 59.5 Å². The number of amides is 2. The van der Waals surface area contributed by atoms with Gasteiger partial charge in [0, 0.05) is 18.6 Å². The minimum atomic E-state index is -0.399. The molecule has 0 fully saturated rings. The second kappa shape index (κ2) is 10.6.